The highest BCUT2D eigenvalue weighted by molar-refractivity contribution is 9.10. The van der Waals surface area contributed by atoms with Crippen molar-refractivity contribution in [1.29, 1.82) is 0 Å². The van der Waals surface area contributed by atoms with Crippen molar-refractivity contribution >= 4 is 21.6 Å². The molecule has 0 aromatic heterocycles. The SMILES string of the molecule is Brc1ccccc1N1C[C]2[CH][CH][CH][C]2[C]2[CH][CH][CH][C]2C1. The molecule has 98 valence electrons. The van der Waals surface area contributed by atoms with Gasteiger partial charge < -0.3 is 4.90 Å². The Morgan fingerprint density at radius 3 is 2.00 bits per heavy atom. The average molecular weight is 324 g/mol. The van der Waals surface area contributed by atoms with Gasteiger partial charge in [0.2, 0.25) is 0 Å². The molecular formula is C18H14BrN. The van der Waals surface area contributed by atoms with Crippen molar-refractivity contribution in [3.05, 3.63) is 90.9 Å². The first-order chi connectivity index (χ1) is 9.83. The Hall–Kier alpha value is -0.500. The van der Waals surface area contributed by atoms with Crippen molar-refractivity contribution in [1.82, 2.24) is 0 Å². The summed E-state index contributed by atoms with van der Waals surface area (Å²) in [6, 6.07) is 8.45. The fourth-order valence-corrected chi connectivity index (χ4v) is 3.60. The molecule has 1 nitrogen and oxygen atoms in total. The average Bonchev–Trinajstić information content (AvgIpc) is 3.05. The molecule has 20 heavy (non-hydrogen) atoms. The summed E-state index contributed by atoms with van der Waals surface area (Å²) in [5, 5.41) is 0. The molecule has 0 spiro atoms. The van der Waals surface area contributed by atoms with Crippen molar-refractivity contribution in [3.8, 4) is 0 Å². The standard InChI is InChI=1S/C18H14BrN/c19-17-9-1-2-10-18(17)20-11-13-5-3-7-15(13)16-8-4-6-14(16)12-20/h1-10H,11-12H2. The van der Waals surface area contributed by atoms with Gasteiger partial charge in [-0.05, 0) is 78.4 Å². The molecule has 1 aromatic rings. The number of hydrogen-bond acceptors (Lipinski definition) is 1. The largest absolute Gasteiger partial charge is 0.369 e. The summed E-state index contributed by atoms with van der Waals surface area (Å²) in [6.45, 7) is 1.92. The van der Waals surface area contributed by atoms with Gasteiger partial charge in [0.15, 0.2) is 0 Å². The lowest BCUT2D eigenvalue weighted by Gasteiger charge is -2.28. The maximum atomic E-state index is 3.68. The van der Waals surface area contributed by atoms with Crippen LogP contribution in [-0.2, 0) is 0 Å². The van der Waals surface area contributed by atoms with Crippen LogP contribution in [0.15, 0.2) is 28.7 Å². The maximum Gasteiger partial charge on any atom is 0.0511 e. The molecule has 2 aliphatic carbocycles. The molecule has 1 heterocycles. The van der Waals surface area contributed by atoms with E-state index in [-0.39, 0.29) is 0 Å². The number of para-hydroxylation sites is 1. The van der Waals surface area contributed by atoms with Crippen molar-refractivity contribution in [2.24, 2.45) is 0 Å². The number of hydrogen-bond donors (Lipinski definition) is 0. The predicted molar refractivity (Wildman–Crippen MR) is 85.1 cm³/mol. The van der Waals surface area contributed by atoms with Crippen LogP contribution < -0.4 is 4.90 Å². The molecule has 1 saturated heterocycles. The Morgan fingerprint density at radius 2 is 1.40 bits per heavy atom. The molecule has 3 aliphatic rings. The Balaban J connectivity index is 1.66. The summed E-state index contributed by atoms with van der Waals surface area (Å²) in [4.78, 5) is 2.44. The minimum atomic E-state index is 0.958. The maximum absolute atomic E-state index is 3.68. The topological polar surface area (TPSA) is 3.24 Å². The summed E-state index contributed by atoms with van der Waals surface area (Å²) in [7, 11) is 0. The lowest BCUT2D eigenvalue weighted by molar-refractivity contribution is 0.853. The Kier molecular flexibility index (Phi) is 3.54. The number of fused-ring (bicyclic) bond motifs is 3. The zero-order chi connectivity index (χ0) is 13.5. The van der Waals surface area contributed by atoms with Crippen LogP contribution in [-0.4, -0.2) is 13.1 Å². The van der Waals surface area contributed by atoms with Crippen LogP contribution in [0.2, 0.25) is 0 Å². The highest BCUT2D eigenvalue weighted by Gasteiger charge is 2.46. The van der Waals surface area contributed by atoms with Crippen LogP contribution in [0.4, 0.5) is 5.69 Å². The first-order valence-corrected chi connectivity index (χ1v) is 7.61. The molecule has 1 aromatic carbocycles. The Labute approximate surface area is 130 Å². The van der Waals surface area contributed by atoms with Gasteiger partial charge in [-0.15, -0.1) is 0 Å². The van der Waals surface area contributed by atoms with E-state index in [9.17, 15) is 0 Å². The van der Waals surface area contributed by atoms with Crippen LogP contribution in [0, 0.1) is 62.2 Å². The van der Waals surface area contributed by atoms with Crippen molar-refractivity contribution in [3.63, 3.8) is 0 Å². The van der Waals surface area contributed by atoms with Gasteiger partial charge in [-0.1, -0.05) is 12.1 Å². The zero-order valence-corrected chi connectivity index (χ0v) is 12.6. The van der Waals surface area contributed by atoms with Gasteiger partial charge in [0.25, 0.3) is 0 Å². The van der Waals surface area contributed by atoms with Crippen LogP contribution in [0.25, 0.3) is 0 Å². The first kappa shape index (κ1) is 13.2. The number of nitrogens with zero attached hydrogens (tertiary/aromatic N) is 1. The summed E-state index contributed by atoms with van der Waals surface area (Å²) in [6.07, 6.45) is 13.3. The van der Waals surface area contributed by atoms with E-state index in [1.807, 2.05) is 0 Å². The Bertz CT molecular complexity index is 464. The van der Waals surface area contributed by atoms with Gasteiger partial charge in [-0.3, -0.25) is 0 Å². The number of benzene rings is 1. The van der Waals surface area contributed by atoms with E-state index in [2.05, 4.69) is 83.6 Å². The third-order valence-electron chi connectivity index (χ3n) is 4.02. The molecule has 0 amide bonds. The molecule has 0 bridgehead atoms. The summed E-state index contributed by atoms with van der Waals surface area (Å²) in [5.41, 5.74) is 1.26. The lowest BCUT2D eigenvalue weighted by Crippen LogP contribution is -2.30. The van der Waals surface area contributed by atoms with Crippen LogP contribution in [0.3, 0.4) is 0 Å². The molecule has 0 N–H and O–H groups in total. The minimum Gasteiger partial charge on any atom is -0.369 e. The van der Waals surface area contributed by atoms with Crippen molar-refractivity contribution in [2.45, 2.75) is 0 Å². The predicted octanol–water partition coefficient (Wildman–Crippen LogP) is 3.82. The summed E-state index contributed by atoms with van der Waals surface area (Å²) < 4.78 is 1.16. The highest BCUT2D eigenvalue weighted by Crippen LogP contribution is 2.52. The van der Waals surface area contributed by atoms with E-state index >= 15 is 0 Å². The van der Waals surface area contributed by atoms with Gasteiger partial charge in [0.1, 0.15) is 0 Å². The van der Waals surface area contributed by atoms with Gasteiger partial charge in [-0.25, -0.2) is 0 Å². The van der Waals surface area contributed by atoms with Gasteiger partial charge in [0, 0.05) is 29.4 Å². The third kappa shape index (κ3) is 2.20. The molecular weight excluding hydrogens is 310 g/mol. The summed E-state index contributed by atoms with van der Waals surface area (Å²) >= 11 is 3.68. The second kappa shape index (κ2) is 5.36. The van der Waals surface area contributed by atoms with E-state index in [1.54, 1.807) is 0 Å². The van der Waals surface area contributed by atoms with Crippen LogP contribution in [0.5, 0.6) is 0 Å². The number of halogens is 1. The van der Waals surface area contributed by atoms with E-state index < -0.39 is 0 Å². The third-order valence-corrected chi connectivity index (χ3v) is 4.69. The van der Waals surface area contributed by atoms with E-state index in [4.69, 9.17) is 0 Å². The molecule has 0 atom stereocenters. The molecule has 3 fully saturated rings. The van der Waals surface area contributed by atoms with E-state index in [1.165, 1.54) is 29.4 Å². The van der Waals surface area contributed by atoms with Gasteiger partial charge in [-0.2, -0.15) is 0 Å². The van der Waals surface area contributed by atoms with Gasteiger partial charge in [0.05, 0.1) is 5.69 Å². The fraction of sp³-hybridized carbons (Fsp3) is 0.111. The quantitative estimate of drug-likeness (QED) is 0.759. The second-order valence-electron chi connectivity index (χ2n) is 5.24. The normalized spacial score (nSPS) is 25.8. The monoisotopic (exact) mass is 323 g/mol. The van der Waals surface area contributed by atoms with Crippen molar-refractivity contribution < 1.29 is 0 Å². The second-order valence-corrected chi connectivity index (χ2v) is 6.09. The van der Waals surface area contributed by atoms with E-state index in [0.717, 1.165) is 17.6 Å². The highest BCUT2D eigenvalue weighted by atomic mass is 79.9. The first-order valence-electron chi connectivity index (χ1n) is 6.82. The van der Waals surface area contributed by atoms with Crippen molar-refractivity contribution in [2.75, 3.05) is 18.0 Å². The van der Waals surface area contributed by atoms with E-state index in [0.29, 0.717) is 0 Å². The fourth-order valence-electron chi connectivity index (χ4n) is 3.06. The summed E-state index contributed by atoms with van der Waals surface area (Å²) in [5.74, 6) is 5.59. The molecule has 2 saturated carbocycles. The molecule has 0 unspecified atom stereocenters. The minimum absolute atomic E-state index is 0.958. The molecule has 2 heteroatoms. The lowest BCUT2D eigenvalue weighted by atomic mass is 9.79. The van der Waals surface area contributed by atoms with Crippen LogP contribution >= 0.6 is 15.9 Å². The smallest absolute Gasteiger partial charge is 0.0511 e. The molecule has 1 aliphatic heterocycles. The molecule has 10 radical (unpaired) electrons. The Morgan fingerprint density at radius 1 is 0.800 bits per heavy atom. The molecule has 4 rings (SSSR count). The van der Waals surface area contributed by atoms with Crippen LogP contribution in [0.1, 0.15) is 0 Å². The number of rotatable bonds is 1. The zero-order valence-electron chi connectivity index (χ0n) is 11.0. The number of anilines is 1. The van der Waals surface area contributed by atoms with Gasteiger partial charge >= 0.3 is 0 Å².